The smallest absolute Gasteiger partial charge is 0.328 e. The molecule has 0 bridgehead atoms. The zero-order valence-corrected chi connectivity index (χ0v) is 16.9. The lowest BCUT2D eigenvalue weighted by Crippen LogP contribution is -2.42. The fourth-order valence-electron chi connectivity index (χ4n) is 4.23. The summed E-state index contributed by atoms with van der Waals surface area (Å²) in [6.45, 7) is 7.95. The number of aliphatic carboxylic acids is 2. The van der Waals surface area contributed by atoms with Gasteiger partial charge in [0.15, 0.2) is 0 Å². The van der Waals surface area contributed by atoms with Gasteiger partial charge in [-0.25, -0.2) is 9.59 Å². The maximum Gasteiger partial charge on any atom is 0.328 e. The van der Waals surface area contributed by atoms with Crippen molar-refractivity contribution >= 4 is 11.9 Å². The average Bonchev–Trinajstić information content (AvgIpc) is 3.31. The third-order valence-corrected chi connectivity index (χ3v) is 5.31. The molecule has 0 unspecified atom stereocenters. The van der Waals surface area contributed by atoms with E-state index in [1.165, 1.54) is 61.9 Å². The summed E-state index contributed by atoms with van der Waals surface area (Å²) in [7, 11) is 0. The Morgan fingerprint density at radius 2 is 1.57 bits per heavy atom. The first-order valence-corrected chi connectivity index (χ1v) is 10.0. The molecule has 3 rings (SSSR count). The Morgan fingerprint density at radius 1 is 1.00 bits per heavy atom. The van der Waals surface area contributed by atoms with Gasteiger partial charge in [-0.3, -0.25) is 4.90 Å². The van der Waals surface area contributed by atoms with Crippen LogP contribution in [-0.4, -0.2) is 52.2 Å². The number of benzene rings is 1. The van der Waals surface area contributed by atoms with E-state index in [0.29, 0.717) is 12.2 Å². The number of hydrogen-bond donors (Lipinski definition) is 3. The highest BCUT2D eigenvalue weighted by molar-refractivity contribution is 5.89. The molecule has 2 fully saturated rings. The Hall–Kier alpha value is -2.18. The third-order valence-electron chi connectivity index (χ3n) is 5.31. The zero-order chi connectivity index (χ0) is 20.5. The fraction of sp³-hybridized carbons (Fsp3) is 0.545. The van der Waals surface area contributed by atoms with Crippen LogP contribution in [0.5, 0.6) is 0 Å². The number of nitrogens with zero attached hydrogens (tertiary/aromatic N) is 1. The minimum atomic E-state index is -1.26. The van der Waals surface area contributed by atoms with E-state index in [2.05, 4.69) is 42.3 Å². The summed E-state index contributed by atoms with van der Waals surface area (Å²) in [6.07, 6.45) is 8.09. The first-order valence-electron chi connectivity index (χ1n) is 10.0. The second-order valence-electron chi connectivity index (χ2n) is 7.76. The van der Waals surface area contributed by atoms with Gasteiger partial charge in [-0.1, -0.05) is 42.2 Å². The van der Waals surface area contributed by atoms with Crippen molar-refractivity contribution in [3.8, 4) is 0 Å². The average molecular weight is 389 g/mol. The molecule has 1 aliphatic carbocycles. The normalized spacial score (nSPS) is 19.8. The Morgan fingerprint density at radius 3 is 2.04 bits per heavy atom. The first-order chi connectivity index (χ1) is 13.3. The number of hydrogen-bond acceptors (Lipinski definition) is 4. The van der Waals surface area contributed by atoms with Crippen LogP contribution < -0.4 is 5.32 Å². The molecule has 28 heavy (non-hydrogen) atoms. The van der Waals surface area contributed by atoms with Crippen molar-refractivity contribution in [1.29, 1.82) is 0 Å². The lowest BCUT2D eigenvalue weighted by atomic mass is 10.0. The number of carbonyl (C=O) groups is 2. The van der Waals surface area contributed by atoms with Crippen LogP contribution in [0.3, 0.4) is 0 Å². The highest BCUT2D eigenvalue weighted by Crippen LogP contribution is 2.28. The van der Waals surface area contributed by atoms with Crippen molar-refractivity contribution in [2.45, 2.75) is 64.6 Å². The Bertz CT molecular complexity index is 638. The predicted molar refractivity (Wildman–Crippen MR) is 109 cm³/mol. The molecule has 1 aliphatic heterocycles. The molecule has 1 atom stereocenters. The lowest BCUT2D eigenvalue weighted by Gasteiger charge is -2.34. The predicted octanol–water partition coefficient (Wildman–Crippen LogP) is 3.12. The van der Waals surface area contributed by atoms with Crippen molar-refractivity contribution in [3.63, 3.8) is 0 Å². The second kappa shape index (κ2) is 11.0. The van der Waals surface area contributed by atoms with Crippen molar-refractivity contribution < 1.29 is 19.8 Å². The zero-order valence-electron chi connectivity index (χ0n) is 16.9. The fourth-order valence-corrected chi connectivity index (χ4v) is 4.23. The summed E-state index contributed by atoms with van der Waals surface area (Å²) in [5, 5.41) is 19.2. The van der Waals surface area contributed by atoms with Gasteiger partial charge in [0.05, 0.1) is 0 Å². The minimum absolute atomic E-state index is 0.558. The van der Waals surface area contributed by atoms with E-state index in [-0.39, 0.29) is 0 Å². The van der Waals surface area contributed by atoms with E-state index >= 15 is 0 Å². The van der Waals surface area contributed by atoms with Gasteiger partial charge in [-0.05, 0) is 45.2 Å². The topological polar surface area (TPSA) is 89.9 Å². The maximum atomic E-state index is 9.55. The van der Waals surface area contributed by atoms with Crippen molar-refractivity contribution in [2.24, 2.45) is 0 Å². The van der Waals surface area contributed by atoms with Crippen LogP contribution in [0.2, 0.25) is 0 Å². The number of rotatable bonds is 6. The van der Waals surface area contributed by atoms with Gasteiger partial charge in [0, 0.05) is 37.3 Å². The maximum absolute atomic E-state index is 9.55. The highest BCUT2D eigenvalue weighted by atomic mass is 16.4. The molecule has 1 aromatic carbocycles. The van der Waals surface area contributed by atoms with Crippen LogP contribution in [0.4, 0.5) is 0 Å². The van der Waals surface area contributed by atoms with Crippen molar-refractivity contribution in [3.05, 3.63) is 47.0 Å². The molecular formula is C22H32N2O4. The van der Waals surface area contributed by atoms with Crippen molar-refractivity contribution in [1.82, 2.24) is 10.2 Å². The number of aryl methyl sites for hydroxylation is 2. The van der Waals surface area contributed by atoms with E-state index < -0.39 is 11.9 Å². The summed E-state index contributed by atoms with van der Waals surface area (Å²) in [5.74, 6) is -2.51. The Balaban J connectivity index is 0.000000300. The van der Waals surface area contributed by atoms with Crippen LogP contribution in [0.1, 0.15) is 48.8 Å². The molecular weight excluding hydrogens is 356 g/mol. The Labute approximate surface area is 167 Å². The number of nitrogens with one attached hydrogen (secondary N) is 1. The van der Waals surface area contributed by atoms with Gasteiger partial charge in [0.25, 0.3) is 0 Å². The van der Waals surface area contributed by atoms with Gasteiger partial charge < -0.3 is 15.5 Å². The van der Waals surface area contributed by atoms with Gasteiger partial charge >= 0.3 is 11.9 Å². The summed E-state index contributed by atoms with van der Waals surface area (Å²) in [6, 6.07) is 8.59. The summed E-state index contributed by atoms with van der Waals surface area (Å²) >= 11 is 0. The molecule has 6 nitrogen and oxygen atoms in total. The largest absolute Gasteiger partial charge is 0.478 e. The van der Waals surface area contributed by atoms with Crippen LogP contribution in [0, 0.1) is 13.8 Å². The van der Waals surface area contributed by atoms with Crippen molar-refractivity contribution in [2.75, 3.05) is 13.1 Å². The van der Waals surface area contributed by atoms with Crippen LogP contribution in [0.25, 0.3) is 0 Å². The van der Waals surface area contributed by atoms with E-state index in [1.54, 1.807) is 0 Å². The van der Waals surface area contributed by atoms with Gasteiger partial charge in [-0.15, -0.1) is 0 Å². The van der Waals surface area contributed by atoms with Crippen LogP contribution in [-0.2, 0) is 16.1 Å². The van der Waals surface area contributed by atoms with E-state index in [1.807, 2.05) is 0 Å². The van der Waals surface area contributed by atoms with Gasteiger partial charge in [0.1, 0.15) is 0 Å². The summed E-state index contributed by atoms with van der Waals surface area (Å²) in [5.41, 5.74) is 4.30. The molecule has 6 heteroatoms. The second-order valence-corrected chi connectivity index (χ2v) is 7.76. The quantitative estimate of drug-likeness (QED) is 0.649. The van der Waals surface area contributed by atoms with Gasteiger partial charge in [0.2, 0.25) is 0 Å². The monoisotopic (exact) mass is 388 g/mol. The molecule has 0 spiro atoms. The first kappa shape index (κ1) is 22.1. The molecule has 1 saturated carbocycles. The lowest BCUT2D eigenvalue weighted by molar-refractivity contribution is -0.134. The molecule has 3 N–H and O–H groups in total. The minimum Gasteiger partial charge on any atom is -0.478 e. The van der Waals surface area contributed by atoms with E-state index in [9.17, 15) is 9.59 Å². The number of carboxylic acid groups (broad SMARTS) is 2. The van der Waals surface area contributed by atoms with Crippen LogP contribution >= 0.6 is 0 Å². The van der Waals surface area contributed by atoms with E-state index in [0.717, 1.165) is 18.6 Å². The molecule has 1 aromatic rings. The van der Waals surface area contributed by atoms with Gasteiger partial charge in [-0.2, -0.15) is 0 Å². The molecule has 154 valence electrons. The summed E-state index contributed by atoms with van der Waals surface area (Å²) < 4.78 is 0. The Kier molecular flexibility index (Phi) is 8.67. The standard InChI is InChI=1S/C18H28N2.C4H4O4/c1-14-9-15(2)11-16(10-14)13-20(17-5-3-4-6-17)18-7-8-19-12-18;5-3(6)1-2-4(7)8/h9-11,17-19H,3-8,12-13H2,1-2H3;1-2H,(H,5,6)(H,7,8)/b;2-1+/t18-;/m0./s1. The third kappa shape index (κ3) is 7.44. The molecule has 0 amide bonds. The number of carboxylic acids is 2. The summed E-state index contributed by atoms with van der Waals surface area (Å²) in [4.78, 5) is 21.9. The van der Waals surface area contributed by atoms with Crippen LogP contribution in [0.15, 0.2) is 30.4 Å². The SMILES string of the molecule is Cc1cc(C)cc(CN(C2CCCC2)[C@H]2CCNC2)c1.O=C(O)/C=C/C(=O)O. The molecule has 0 radical (unpaired) electrons. The molecule has 1 heterocycles. The molecule has 2 aliphatic rings. The molecule has 0 aromatic heterocycles. The van der Waals surface area contributed by atoms with E-state index in [4.69, 9.17) is 10.2 Å². The molecule has 1 saturated heterocycles. The highest BCUT2D eigenvalue weighted by Gasteiger charge is 2.30.